The molecule has 0 bridgehead atoms. The van der Waals surface area contributed by atoms with E-state index in [0.717, 1.165) is 10.6 Å². The first kappa shape index (κ1) is 32.6. The largest absolute Gasteiger partial charge is 0.471 e. The van der Waals surface area contributed by atoms with Gasteiger partial charge in [-0.15, -0.1) is 0 Å². The number of carbonyl (C=O) groups is 3. The number of likely N-dealkylation sites (tertiary alicyclic amines) is 1. The molecule has 0 spiro atoms. The van der Waals surface area contributed by atoms with Crippen molar-refractivity contribution < 1.29 is 40.7 Å². The van der Waals surface area contributed by atoms with Crippen molar-refractivity contribution in [3.8, 4) is 6.07 Å². The van der Waals surface area contributed by atoms with Crippen molar-refractivity contribution in [3.05, 3.63) is 35.7 Å². The van der Waals surface area contributed by atoms with Crippen molar-refractivity contribution in [2.45, 2.75) is 90.8 Å². The SMILES string of the molecule is CC(C)(C)[C@H](NC(=O)C(F)(F)F)C(=O)N1CC23C[C@]2([C@H]1C(=O)NC(C#N)CCCc1cnn2cccc(C(F)(F)F)c12)C3(C)C. The molecule has 244 valence electrons. The highest BCUT2D eigenvalue weighted by Crippen LogP contribution is 3.00. The van der Waals surface area contributed by atoms with Gasteiger partial charge in [0.2, 0.25) is 11.8 Å². The average Bonchev–Trinajstić information content (AvgIpc) is 3.48. The van der Waals surface area contributed by atoms with Crippen LogP contribution in [0.1, 0.15) is 65.0 Å². The van der Waals surface area contributed by atoms with Crippen LogP contribution in [0.2, 0.25) is 0 Å². The highest BCUT2D eigenvalue weighted by molar-refractivity contribution is 5.96. The zero-order valence-corrected chi connectivity index (χ0v) is 25.4. The number of aromatic nitrogens is 2. The van der Waals surface area contributed by atoms with E-state index in [2.05, 4.69) is 10.4 Å². The molecular weight excluding hydrogens is 606 g/mol. The molecule has 3 heterocycles. The van der Waals surface area contributed by atoms with E-state index in [1.54, 1.807) is 0 Å². The van der Waals surface area contributed by atoms with E-state index in [9.17, 15) is 46.0 Å². The Morgan fingerprint density at radius 3 is 2.36 bits per heavy atom. The highest BCUT2D eigenvalue weighted by atomic mass is 19.4. The Labute approximate surface area is 255 Å². The Balaban J connectivity index is 1.31. The molecule has 9 nitrogen and oxygen atoms in total. The summed E-state index contributed by atoms with van der Waals surface area (Å²) >= 11 is 0. The summed E-state index contributed by atoms with van der Waals surface area (Å²) in [5.41, 5.74) is -3.06. The predicted molar refractivity (Wildman–Crippen MR) is 147 cm³/mol. The third kappa shape index (κ3) is 4.91. The van der Waals surface area contributed by atoms with Gasteiger partial charge in [0.15, 0.2) is 0 Å². The number of fused-ring (bicyclic) bond motifs is 1. The Bertz CT molecular complexity index is 1600. The molecule has 45 heavy (non-hydrogen) atoms. The van der Waals surface area contributed by atoms with Crippen LogP contribution in [0.15, 0.2) is 24.5 Å². The monoisotopic (exact) mass is 640 g/mol. The number of halogens is 6. The molecule has 15 heteroatoms. The normalized spacial score (nSPS) is 26.4. The maximum Gasteiger partial charge on any atom is 0.471 e. The van der Waals surface area contributed by atoms with Crippen LogP contribution in [0, 0.1) is 33.0 Å². The third-order valence-corrected chi connectivity index (χ3v) is 10.3. The molecule has 2 unspecified atom stereocenters. The van der Waals surface area contributed by atoms with E-state index in [1.165, 1.54) is 44.1 Å². The molecule has 0 radical (unpaired) electrons. The van der Waals surface area contributed by atoms with Crippen LogP contribution in [-0.2, 0) is 27.0 Å². The minimum absolute atomic E-state index is 0.0855. The average molecular weight is 641 g/mol. The van der Waals surface area contributed by atoms with Gasteiger partial charge in [0.05, 0.1) is 23.3 Å². The van der Waals surface area contributed by atoms with Gasteiger partial charge in [0.1, 0.15) is 18.1 Å². The molecule has 1 aliphatic heterocycles. The van der Waals surface area contributed by atoms with E-state index < -0.39 is 70.0 Å². The lowest BCUT2D eigenvalue weighted by atomic mass is 9.79. The number of hydrogen-bond donors (Lipinski definition) is 2. The zero-order valence-electron chi connectivity index (χ0n) is 25.4. The van der Waals surface area contributed by atoms with Gasteiger partial charge in [-0.25, -0.2) is 4.52 Å². The molecule has 2 aliphatic carbocycles. The predicted octanol–water partition coefficient (Wildman–Crippen LogP) is 4.40. The lowest BCUT2D eigenvalue weighted by molar-refractivity contribution is -0.176. The number of amides is 3. The molecular formula is C30H34F6N6O3. The Morgan fingerprint density at radius 1 is 1.13 bits per heavy atom. The maximum atomic E-state index is 13.8. The first-order chi connectivity index (χ1) is 20.6. The van der Waals surface area contributed by atoms with Crippen molar-refractivity contribution in [3.63, 3.8) is 0 Å². The summed E-state index contributed by atoms with van der Waals surface area (Å²) in [4.78, 5) is 40.6. The topological polar surface area (TPSA) is 120 Å². The van der Waals surface area contributed by atoms with Gasteiger partial charge in [0.25, 0.3) is 0 Å². The Hall–Kier alpha value is -3.83. The number of hydrogen-bond acceptors (Lipinski definition) is 5. The number of nitriles is 1. The molecule has 2 aromatic rings. The van der Waals surface area contributed by atoms with Crippen molar-refractivity contribution in [2.75, 3.05) is 6.54 Å². The Morgan fingerprint density at radius 2 is 1.80 bits per heavy atom. The van der Waals surface area contributed by atoms with Crippen molar-refractivity contribution in [2.24, 2.45) is 21.7 Å². The number of carbonyl (C=O) groups excluding carboxylic acids is 3. The molecule has 5 rings (SSSR count). The summed E-state index contributed by atoms with van der Waals surface area (Å²) in [5.74, 6) is -3.71. The van der Waals surface area contributed by atoms with E-state index >= 15 is 0 Å². The molecule has 0 aromatic carbocycles. The lowest BCUT2D eigenvalue weighted by Crippen LogP contribution is -2.63. The maximum absolute atomic E-state index is 13.8. The number of pyridine rings is 1. The van der Waals surface area contributed by atoms with Crippen LogP contribution < -0.4 is 10.6 Å². The fraction of sp³-hybridized carbons (Fsp3) is 0.633. The Kier molecular flexibility index (Phi) is 7.30. The van der Waals surface area contributed by atoms with Gasteiger partial charge >= 0.3 is 18.3 Å². The number of nitrogens with one attached hydrogen (secondary N) is 2. The van der Waals surface area contributed by atoms with Gasteiger partial charge in [-0.3, -0.25) is 14.4 Å². The minimum atomic E-state index is -5.22. The zero-order chi connectivity index (χ0) is 33.5. The van der Waals surface area contributed by atoms with Crippen LogP contribution in [0.3, 0.4) is 0 Å². The summed E-state index contributed by atoms with van der Waals surface area (Å²) in [6.07, 6.45) is -5.99. The first-order valence-corrected chi connectivity index (χ1v) is 14.5. The minimum Gasteiger partial charge on any atom is -0.339 e. The smallest absolute Gasteiger partial charge is 0.339 e. The summed E-state index contributed by atoms with van der Waals surface area (Å²) in [6, 6.07) is 0.510. The quantitative estimate of drug-likeness (QED) is 0.415. The van der Waals surface area contributed by atoms with Gasteiger partial charge < -0.3 is 15.5 Å². The molecule has 3 fully saturated rings. The van der Waals surface area contributed by atoms with Crippen LogP contribution in [0.4, 0.5) is 26.3 Å². The van der Waals surface area contributed by atoms with Crippen LogP contribution in [0.5, 0.6) is 0 Å². The number of aryl methyl sites for hydroxylation is 1. The summed E-state index contributed by atoms with van der Waals surface area (Å²) in [5, 5.41) is 18.3. The van der Waals surface area contributed by atoms with Gasteiger partial charge in [0, 0.05) is 23.6 Å². The van der Waals surface area contributed by atoms with E-state index in [-0.39, 0.29) is 36.7 Å². The number of nitrogens with zero attached hydrogens (tertiary/aromatic N) is 4. The fourth-order valence-electron chi connectivity index (χ4n) is 7.74. The first-order valence-electron chi connectivity index (χ1n) is 14.5. The second-order valence-corrected chi connectivity index (χ2v) is 14.0. The second-order valence-electron chi connectivity index (χ2n) is 14.0. The molecule has 2 saturated carbocycles. The molecule has 3 aliphatic rings. The van der Waals surface area contributed by atoms with Crippen molar-refractivity contribution in [1.82, 2.24) is 25.1 Å². The standard InChI is InChI=1S/C30H34F6N6O3/c1-25(2,3)20(40-24(45)30(34,35)36)23(44)41-15-27-14-28(27,26(27,4)5)21(41)22(43)39-17(12-37)9-6-8-16-13-38-42-11-7-10-18(19(16)42)29(31,32)33/h7,10-11,13,17,20-21H,6,8-9,14-15H2,1-5H3,(H,39,43)(H,40,45)/t17?,20-,21-,27?,28+/m1/s1. The second kappa shape index (κ2) is 10.1. The van der Waals surface area contributed by atoms with Gasteiger partial charge in [-0.05, 0) is 54.2 Å². The number of piperidine rings is 2. The van der Waals surface area contributed by atoms with Crippen molar-refractivity contribution in [1.29, 1.82) is 5.26 Å². The van der Waals surface area contributed by atoms with E-state index in [4.69, 9.17) is 0 Å². The number of rotatable bonds is 8. The lowest BCUT2D eigenvalue weighted by Gasteiger charge is -2.42. The molecule has 1 saturated heterocycles. The van der Waals surface area contributed by atoms with E-state index in [0.29, 0.717) is 12.0 Å². The van der Waals surface area contributed by atoms with Gasteiger partial charge in [-0.1, -0.05) is 34.6 Å². The molecule has 2 N–H and O–H groups in total. The molecule has 3 amide bonds. The fourth-order valence-corrected chi connectivity index (χ4v) is 7.74. The number of alkyl halides is 6. The summed E-state index contributed by atoms with van der Waals surface area (Å²) in [6.45, 7) is 8.56. The third-order valence-electron chi connectivity index (χ3n) is 10.3. The molecule has 5 atom stereocenters. The van der Waals surface area contributed by atoms with Crippen molar-refractivity contribution >= 4 is 23.2 Å². The van der Waals surface area contributed by atoms with Crippen LogP contribution in [-0.4, -0.2) is 63.1 Å². The van der Waals surface area contributed by atoms with Crippen LogP contribution >= 0.6 is 0 Å². The highest BCUT2D eigenvalue weighted by Gasteiger charge is 3.02. The summed E-state index contributed by atoms with van der Waals surface area (Å²) < 4.78 is 81.2. The van der Waals surface area contributed by atoms with Gasteiger partial charge in [-0.2, -0.15) is 36.7 Å². The summed E-state index contributed by atoms with van der Waals surface area (Å²) in [7, 11) is 0. The van der Waals surface area contributed by atoms with E-state index in [1.807, 2.05) is 25.2 Å². The molecule has 2 aromatic heterocycles. The van der Waals surface area contributed by atoms with Crippen LogP contribution in [0.25, 0.3) is 5.52 Å².